The molecule has 0 saturated carbocycles. The van der Waals surface area contributed by atoms with Crippen LogP contribution >= 0.6 is 7.41 Å². The fraction of sp³-hybridized carbons (Fsp3) is 0.316. The van der Waals surface area contributed by atoms with Crippen molar-refractivity contribution in [1.29, 1.82) is 0 Å². The van der Waals surface area contributed by atoms with Crippen LogP contribution in [0.15, 0.2) is 54.6 Å². The average Bonchev–Trinajstić information content (AvgIpc) is 2.92. The zero-order valence-corrected chi connectivity index (χ0v) is 18.5. The maximum Gasteiger partial charge on any atom is 2.00 e. The summed E-state index contributed by atoms with van der Waals surface area (Å²) in [7, 11) is -2.98. The molecule has 4 heteroatoms. The summed E-state index contributed by atoms with van der Waals surface area (Å²) in [5.41, 5.74) is 1.33. The smallest absolute Gasteiger partial charge is 0.514 e. The van der Waals surface area contributed by atoms with E-state index in [0.29, 0.717) is 5.92 Å². The predicted octanol–water partition coefficient (Wildman–Crippen LogP) is 5.60. The van der Waals surface area contributed by atoms with Crippen molar-refractivity contribution < 1.29 is 26.2 Å². The first-order chi connectivity index (χ1) is 10.5. The van der Waals surface area contributed by atoms with Crippen molar-refractivity contribution in [2.45, 2.75) is 32.0 Å². The van der Waals surface area contributed by atoms with E-state index in [9.17, 15) is 0 Å². The van der Waals surface area contributed by atoms with Crippen molar-refractivity contribution in [3.63, 3.8) is 0 Å². The first-order valence-electron chi connectivity index (χ1n) is 7.99. The summed E-state index contributed by atoms with van der Waals surface area (Å²) >= 11 is 0. The number of nitrogens with zero attached hydrogens (tertiary/aromatic N) is 1. The van der Waals surface area contributed by atoms with Crippen LogP contribution in [0.25, 0.3) is 4.75 Å². The Labute approximate surface area is 161 Å². The van der Waals surface area contributed by atoms with Gasteiger partial charge in [0.1, 0.15) is 0 Å². The molecule has 0 radical (unpaired) electrons. The molecular formula is C19H24NPSiZr. The Hall–Kier alpha value is -0.0700. The summed E-state index contributed by atoms with van der Waals surface area (Å²) in [6.07, 6.45) is 5.01. The molecule has 1 heterocycles. The van der Waals surface area contributed by atoms with Gasteiger partial charge in [0.25, 0.3) is 0 Å². The van der Waals surface area contributed by atoms with Gasteiger partial charge >= 0.3 is 26.2 Å². The van der Waals surface area contributed by atoms with Gasteiger partial charge < -0.3 is 4.75 Å². The molecule has 1 fully saturated rings. The van der Waals surface area contributed by atoms with Gasteiger partial charge in [-0.05, 0) is 26.8 Å². The van der Waals surface area contributed by atoms with Crippen LogP contribution in [0.3, 0.4) is 0 Å². The Balaban J connectivity index is 0.00000192. The van der Waals surface area contributed by atoms with Gasteiger partial charge in [0.05, 0.1) is 5.30 Å². The topological polar surface area (TPSA) is 14.1 Å². The number of rotatable bonds is 4. The molecule has 0 aromatic heterocycles. The summed E-state index contributed by atoms with van der Waals surface area (Å²) in [6.45, 7) is 7.06. The van der Waals surface area contributed by atoms with Gasteiger partial charge in [-0.1, -0.05) is 37.8 Å². The van der Waals surface area contributed by atoms with Crippen LogP contribution in [0.2, 0.25) is 19.6 Å². The van der Waals surface area contributed by atoms with E-state index in [2.05, 4.69) is 74.3 Å². The van der Waals surface area contributed by atoms with Gasteiger partial charge in [0, 0.05) is 6.16 Å². The minimum absolute atomic E-state index is 0. The number of hydrogen-bond acceptors (Lipinski definition) is 0. The number of benzene rings is 2. The van der Waals surface area contributed by atoms with E-state index < -0.39 is 15.6 Å². The Morgan fingerprint density at radius 3 is 2.39 bits per heavy atom. The predicted molar refractivity (Wildman–Crippen MR) is 102 cm³/mol. The second kappa shape index (κ2) is 7.87. The molecule has 1 aliphatic heterocycles. The van der Waals surface area contributed by atoms with Crippen molar-refractivity contribution in [3.05, 3.63) is 77.1 Å². The molecule has 2 unspecified atom stereocenters. The third-order valence-corrected chi connectivity index (χ3v) is 10.8. The molecule has 0 bridgehead atoms. The maximum atomic E-state index is 5.47. The van der Waals surface area contributed by atoms with Crippen molar-refractivity contribution in [2.75, 3.05) is 6.16 Å². The molecule has 118 valence electrons. The largest absolute Gasteiger partial charge is 2.00 e. The van der Waals surface area contributed by atoms with E-state index in [4.69, 9.17) is 4.75 Å². The van der Waals surface area contributed by atoms with E-state index >= 15 is 0 Å². The summed E-state index contributed by atoms with van der Waals surface area (Å²) in [4.78, 5) is 0. The molecule has 2 aromatic rings. The summed E-state index contributed by atoms with van der Waals surface area (Å²) in [6, 6.07) is 22.8. The molecular weight excluding hydrogens is 392 g/mol. The number of hydrogen-bond donors (Lipinski definition) is 0. The third kappa shape index (κ3) is 4.73. The standard InChI is InChI=1S/C19H24NPSi.Zr/c1-22(2,3)20-21(19-12-8-5-9-13-19)15-14-18(16-21)17-10-6-4-7-11-17;/h4-10,12-13,16,18H,14-15H2,1-3H3;/q-2;+2. The Morgan fingerprint density at radius 1 is 1.09 bits per heavy atom. The molecule has 2 atom stereocenters. The maximum absolute atomic E-state index is 5.47. The Morgan fingerprint density at radius 2 is 1.78 bits per heavy atom. The van der Waals surface area contributed by atoms with Crippen LogP contribution in [-0.4, -0.2) is 14.4 Å². The third-order valence-electron chi connectivity index (χ3n) is 4.02. The average molecular weight is 417 g/mol. The van der Waals surface area contributed by atoms with E-state index in [0.717, 1.165) is 0 Å². The van der Waals surface area contributed by atoms with Gasteiger partial charge in [0.15, 0.2) is 0 Å². The normalized spacial score (nSPS) is 24.2. The van der Waals surface area contributed by atoms with Crippen molar-refractivity contribution in [2.24, 2.45) is 0 Å². The molecule has 1 nitrogen and oxygen atoms in total. The Bertz CT molecular complexity index is 614. The van der Waals surface area contributed by atoms with Crippen molar-refractivity contribution in [3.8, 4) is 0 Å². The molecule has 0 N–H and O–H groups in total. The van der Waals surface area contributed by atoms with E-state index in [1.807, 2.05) is 12.1 Å². The van der Waals surface area contributed by atoms with Gasteiger partial charge in [-0.2, -0.15) is 49.5 Å². The zero-order valence-electron chi connectivity index (χ0n) is 14.2. The van der Waals surface area contributed by atoms with Crippen LogP contribution in [-0.2, 0) is 26.2 Å². The van der Waals surface area contributed by atoms with Crippen LogP contribution in [0.1, 0.15) is 17.9 Å². The molecule has 1 aliphatic rings. The minimum atomic E-state index is -1.50. The van der Waals surface area contributed by atoms with Crippen LogP contribution in [0.4, 0.5) is 0 Å². The van der Waals surface area contributed by atoms with Crippen molar-refractivity contribution >= 4 is 21.0 Å². The summed E-state index contributed by atoms with van der Waals surface area (Å²) in [5.74, 6) is 0.509. The molecule has 0 amide bonds. The molecule has 0 aliphatic carbocycles. The minimum Gasteiger partial charge on any atom is -0.514 e. The first-order valence-corrected chi connectivity index (χ1v) is 13.4. The van der Waals surface area contributed by atoms with Gasteiger partial charge in [-0.25, -0.2) is 0 Å². The van der Waals surface area contributed by atoms with E-state index in [-0.39, 0.29) is 26.2 Å². The fourth-order valence-corrected chi connectivity index (χ4v) is 11.5. The molecule has 2 aromatic carbocycles. The van der Waals surface area contributed by atoms with E-state index in [1.54, 1.807) is 0 Å². The zero-order chi connectivity index (χ0) is 15.6. The van der Waals surface area contributed by atoms with Crippen LogP contribution < -0.4 is 5.30 Å². The quantitative estimate of drug-likeness (QED) is 0.350. The second-order valence-electron chi connectivity index (χ2n) is 7.02. The van der Waals surface area contributed by atoms with Crippen molar-refractivity contribution in [1.82, 2.24) is 0 Å². The molecule has 23 heavy (non-hydrogen) atoms. The second-order valence-corrected chi connectivity index (χ2v) is 15.1. The first kappa shape index (κ1) is 19.3. The summed E-state index contributed by atoms with van der Waals surface area (Å²) in [5, 5.41) is 1.45. The molecule has 0 spiro atoms. The molecule has 1 saturated heterocycles. The van der Waals surface area contributed by atoms with Gasteiger partial charge in [-0.3, -0.25) is 0 Å². The van der Waals surface area contributed by atoms with E-state index in [1.165, 1.54) is 23.5 Å². The SMILES string of the molecule is C[Si](C)(C)[N-][P+]1(c2ccccc2)[CH-]C(c2[c-]cccc2)CC1.[Zr+2]. The van der Waals surface area contributed by atoms with Gasteiger partial charge in [0.2, 0.25) is 0 Å². The monoisotopic (exact) mass is 415 g/mol. The molecule has 3 rings (SSSR count). The fourth-order valence-electron chi connectivity index (χ4n) is 3.23. The van der Waals surface area contributed by atoms with Crippen LogP contribution in [0, 0.1) is 12.2 Å². The Kier molecular flexibility index (Phi) is 6.59. The summed E-state index contributed by atoms with van der Waals surface area (Å²) < 4.78 is 5.47. The van der Waals surface area contributed by atoms with Gasteiger partial charge in [-0.15, -0.1) is 5.92 Å². The van der Waals surface area contributed by atoms with Crippen LogP contribution in [0.5, 0.6) is 0 Å².